The van der Waals surface area contributed by atoms with Gasteiger partial charge in [0.1, 0.15) is 17.5 Å². The lowest BCUT2D eigenvalue weighted by Crippen LogP contribution is -2.52. The van der Waals surface area contributed by atoms with Crippen molar-refractivity contribution in [2.45, 2.75) is 65.3 Å². The summed E-state index contributed by atoms with van der Waals surface area (Å²) in [6, 6.07) is 3.75. The van der Waals surface area contributed by atoms with Crippen LogP contribution in [0.2, 0.25) is 0 Å². The summed E-state index contributed by atoms with van der Waals surface area (Å²) in [7, 11) is 0. The highest BCUT2D eigenvalue weighted by Crippen LogP contribution is 2.17. The summed E-state index contributed by atoms with van der Waals surface area (Å²) in [5.41, 5.74) is -0.251. The molecular formula is C21H32FN3O5. The van der Waals surface area contributed by atoms with E-state index in [0.29, 0.717) is 5.56 Å². The zero-order chi connectivity index (χ0) is 23.1. The molecule has 8 nitrogen and oxygen atoms in total. The number of ether oxygens (including phenoxy) is 1. The molecule has 0 radical (unpaired) electrons. The van der Waals surface area contributed by atoms with E-state index >= 15 is 0 Å². The van der Waals surface area contributed by atoms with Crippen molar-refractivity contribution in [3.05, 3.63) is 35.6 Å². The second-order valence-electron chi connectivity index (χ2n) is 8.44. The zero-order valence-corrected chi connectivity index (χ0v) is 18.3. The first-order valence-corrected chi connectivity index (χ1v) is 9.80. The molecule has 0 saturated carbocycles. The lowest BCUT2D eigenvalue weighted by molar-refractivity contribution is -0.128. The standard InChI is InChI=1S/C21H32FN3O5/c1-12(2)17(25-20(29)30-21(4,5)6)19(28)23-11-16(26)24-13(3)18(27)14-7-9-15(22)10-8-14/h7-10,12-13,17-18,27H,11H2,1-6H3,(H,23,28)(H,24,26)(H,25,29)/t13?,17-,18?/m0/s1. The lowest BCUT2D eigenvalue weighted by atomic mass is 10.0. The van der Waals surface area contributed by atoms with Gasteiger partial charge >= 0.3 is 6.09 Å². The van der Waals surface area contributed by atoms with E-state index in [1.165, 1.54) is 24.3 Å². The maximum absolute atomic E-state index is 13.0. The monoisotopic (exact) mass is 425 g/mol. The first-order valence-electron chi connectivity index (χ1n) is 9.80. The Hall–Kier alpha value is -2.68. The van der Waals surface area contributed by atoms with Gasteiger partial charge in [0.05, 0.1) is 18.7 Å². The van der Waals surface area contributed by atoms with Crippen LogP contribution in [0, 0.1) is 11.7 Å². The fraction of sp³-hybridized carbons (Fsp3) is 0.571. The summed E-state index contributed by atoms with van der Waals surface area (Å²) in [6.45, 7) is 9.90. The fourth-order valence-corrected chi connectivity index (χ4v) is 2.58. The maximum atomic E-state index is 13.0. The first-order chi connectivity index (χ1) is 13.8. The maximum Gasteiger partial charge on any atom is 0.408 e. The van der Waals surface area contributed by atoms with Gasteiger partial charge in [0.25, 0.3) is 0 Å². The Labute approximate surface area is 176 Å². The minimum Gasteiger partial charge on any atom is -0.444 e. The van der Waals surface area contributed by atoms with Gasteiger partial charge in [-0.2, -0.15) is 0 Å². The molecule has 30 heavy (non-hydrogen) atoms. The van der Waals surface area contributed by atoms with E-state index < -0.39 is 47.5 Å². The highest BCUT2D eigenvalue weighted by atomic mass is 19.1. The summed E-state index contributed by atoms with van der Waals surface area (Å²) in [6.07, 6.45) is -1.76. The van der Waals surface area contributed by atoms with E-state index in [4.69, 9.17) is 4.74 Å². The molecule has 4 N–H and O–H groups in total. The molecule has 3 atom stereocenters. The summed E-state index contributed by atoms with van der Waals surface area (Å²) < 4.78 is 18.2. The van der Waals surface area contributed by atoms with E-state index in [1.54, 1.807) is 41.5 Å². The molecule has 0 saturated heterocycles. The number of rotatable bonds is 8. The van der Waals surface area contributed by atoms with Crippen LogP contribution < -0.4 is 16.0 Å². The molecule has 0 aliphatic heterocycles. The smallest absolute Gasteiger partial charge is 0.408 e. The summed E-state index contributed by atoms with van der Waals surface area (Å²) in [4.78, 5) is 36.5. The number of carbonyl (C=O) groups is 3. The second kappa shape index (κ2) is 10.9. The number of amides is 3. The summed E-state index contributed by atoms with van der Waals surface area (Å²) in [5, 5.41) is 17.8. The lowest BCUT2D eigenvalue weighted by Gasteiger charge is -2.25. The quantitative estimate of drug-likeness (QED) is 0.509. The minimum absolute atomic E-state index is 0.236. The van der Waals surface area contributed by atoms with Gasteiger partial charge in [-0.3, -0.25) is 9.59 Å². The molecule has 9 heteroatoms. The third-order valence-electron chi connectivity index (χ3n) is 4.12. The van der Waals surface area contributed by atoms with Crippen molar-refractivity contribution >= 4 is 17.9 Å². The number of aliphatic hydroxyl groups excluding tert-OH is 1. The normalized spacial score (nSPS) is 14.4. The van der Waals surface area contributed by atoms with Crippen LogP contribution in [0.4, 0.5) is 9.18 Å². The molecule has 1 rings (SSSR count). The van der Waals surface area contributed by atoms with E-state index in [-0.39, 0.29) is 12.5 Å². The highest BCUT2D eigenvalue weighted by Gasteiger charge is 2.27. The first kappa shape index (κ1) is 25.4. The van der Waals surface area contributed by atoms with E-state index in [0.717, 1.165) is 0 Å². The van der Waals surface area contributed by atoms with Crippen molar-refractivity contribution in [2.75, 3.05) is 6.54 Å². The van der Waals surface area contributed by atoms with Crippen LogP contribution in [0.15, 0.2) is 24.3 Å². The molecule has 0 fully saturated rings. The molecule has 168 valence electrons. The number of alkyl carbamates (subject to hydrolysis) is 1. The van der Waals surface area contributed by atoms with Crippen LogP contribution in [0.25, 0.3) is 0 Å². The van der Waals surface area contributed by atoms with Gasteiger partial charge in [-0.25, -0.2) is 9.18 Å². The van der Waals surface area contributed by atoms with Crippen LogP contribution in [-0.4, -0.2) is 47.2 Å². The SMILES string of the molecule is CC(NC(=O)CNC(=O)[C@@H](NC(=O)OC(C)(C)C)C(C)C)C(O)c1ccc(F)cc1. The minimum atomic E-state index is -1.04. The zero-order valence-electron chi connectivity index (χ0n) is 18.3. The number of hydrogen-bond donors (Lipinski definition) is 4. The van der Waals surface area contributed by atoms with Gasteiger partial charge in [0.2, 0.25) is 11.8 Å². The predicted octanol–water partition coefficient (Wildman–Crippen LogP) is 2.03. The molecular weight excluding hydrogens is 393 g/mol. The molecule has 3 amide bonds. The molecule has 2 unspecified atom stereocenters. The Morgan fingerprint density at radius 1 is 1.07 bits per heavy atom. The van der Waals surface area contributed by atoms with Crippen molar-refractivity contribution in [1.29, 1.82) is 0 Å². The Balaban J connectivity index is 2.57. The van der Waals surface area contributed by atoms with Gasteiger partial charge in [0.15, 0.2) is 0 Å². The summed E-state index contributed by atoms with van der Waals surface area (Å²) >= 11 is 0. The number of carbonyl (C=O) groups excluding carboxylic acids is 3. The molecule has 0 bridgehead atoms. The molecule has 1 aromatic carbocycles. The Morgan fingerprint density at radius 3 is 2.13 bits per heavy atom. The van der Waals surface area contributed by atoms with Gasteiger partial charge in [-0.1, -0.05) is 26.0 Å². The number of halogens is 1. The van der Waals surface area contributed by atoms with E-state index in [9.17, 15) is 23.9 Å². The van der Waals surface area contributed by atoms with E-state index in [2.05, 4.69) is 16.0 Å². The van der Waals surface area contributed by atoms with Crippen LogP contribution in [0.3, 0.4) is 0 Å². The molecule has 0 spiro atoms. The van der Waals surface area contributed by atoms with Gasteiger partial charge in [0, 0.05) is 0 Å². The van der Waals surface area contributed by atoms with Crippen molar-refractivity contribution in [3.63, 3.8) is 0 Å². The van der Waals surface area contributed by atoms with Crippen LogP contribution >= 0.6 is 0 Å². The molecule has 0 aliphatic carbocycles. The largest absolute Gasteiger partial charge is 0.444 e. The van der Waals surface area contributed by atoms with Gasteiger partial charge in [-0.05, 0) is 51.3 Å². The van der Waals surface area contributed by atoms with Gasteiger partial charge in [-0.15, -0.1) is 0 Å². The van der Waals surface area contributed by atoms with Crippen LogP contribution in [0.1, 0.15) is 53.2 Å². The molecule has 0 heterocycles. The summed E-state index contributed by atoms with van der Waals surface area (Å²) in [5.74, 6) is -1.71. The molecule has 1 aromatic rings. The third-order valence-corrected chi connectivity index (χ3v) is 4.12. The fourth-order valence-electron chi connectivity index (χ4n) is 2.58. The average Bonchev–Trinajstić information content (AvgIpc) is 2.62. The van der Waals surface area contributed by atoms with Gasteiger partial charge < -0.3 is 25.8 Å². The molecule has 0 aliphatic rings. The second-order valence-corrected chi connectivity index (χ2v) is 8.44. The Kier molecular flexibility index (Phi) is 9.22. The number of nitrogens with one attached hydrogen (secondary N) is 3. The Morgan fingerprint density at radius 2 is 1.63 bits per heavy atom. The van der Waals surface area contributed by atoms with Crippen molar-refractivity contribution in [1.82, 2.24) is 16.0 Å². The van der Waals surface area contributed by atoms with Crippen molar-refractivity contribution in [3.8, 4) is 0 Å². The molecule has 0 aromatic heterocycles. The van der Waals surface area contributed by atoms with Crippen LogP contribution in [-0.2, 0) is 14.3 Å². The Bertz CT molecular complexity index is 731. The van der Waals surface area contributed by atoms with Crippen molar-refractivity contribution < 1.29 is 28.6 Å². The van der Waals surface area contributed by atoms with Crippen molar-refractivity contribution in [2.24, 2.45) is 5.92 Å². The third kappa shape index (κ3) is 8.77. The topological polar surface area (TPSA) is 117 Å². The average molecular weight is 426 g/mol. The number of hydrogen-bond acceptors (Lipinski definition) is 5. The van der Waals surface area contributed by atoms with E-state index in [1.807, 2.05) is 0 Å². The highest BCUT2D eigenvalue weighted by molar-refractivity contribution is 5.89. The number of benzene rings is 1. The number of aliphatic hydroxyl groups is 1. The predicted molar refractivity (Wildman–Crippen MR) is 110 cm³/mol. The van der Waals surface area contributed by atoms with Crippen LogP contribution in [0.5, 0.6) is 0 Å².